The first-order chi connectivity index (χ1) is 13.1. The zero-order valence-electron chi connectivity index (χ0n) is 15.0. The number of halogens is 1. The van der Waals surface area contributed by atoms with Gasteiger partial charge in [0, 0.05) is 37.8 Å². The molecule has 1 atom stereocenters. The molecule has 1 amide bonds. The second-order valence-corrected chi connectivity index (χ2v) is 6.82. The van der Waals surface area contributed by atoms with Crippen molar-refractivity contribution in [1.82, 2.24) is 24.4 Å². The monoisotopic (exact) mass is 365 g/mol. The summed E-state index contributed by atoms with van der Waals surface area (Å²) in [5.74, 6) is -0.434. The Labute approximate surface area is 156 Å². The number of carbonyl (C=O) groups is 1. The third-order valence-electron chi connectivity index (χ3n) is 4.93. The minimum Gasteiger partial charge on any atom is -0.338 e. The van der Waals surface area contributed by atoms with Gasteiger partial charge >= 0.3 is 0 Å². The van der Waals surface area contributed by atoms with Crippen LogP contribution in [-0.2, 0) is 7.05 Å². The average molecular weight is 365 g/mol. The number of amides is 1. The number of rotatable bonds is 3. The largest absolute Gasteiger partial charge is 0.338 e. The summed E-state index contributed by atoms with van der Waals surface area (Å²) in [5.41, 5.74) is 2.91. The number of aromatic nitrogens is 4. The standard InChI is InChI=1S/C20H20FN5O/c1-25-13-23-11-19(25)18-10-22-9-17(24-18)15-5-3-7-26(12-15)20(27)14-4-2-6-16(21)8-14/h2,4,6,8-11,13,15H,3,5,7,12H2,1H3/t15-/m1/s1. The molecule has 4 rings (SSSR count). The van der Waals surface area contributed by atoms with Crippen molar-refractivity contribution < 1.29 is 9.18 Å². The van der Waals surface area contributed by atoms with Crippen LogP contribution >= 0.6 is 0 Å². The maximum absolute atomic E-state index is 13.5. The summed E-state index contributed by atoms with van der Waals surface area (Å²) in [6.07, 6.45) is 8.79. The van der Waals surface area contributed by atoms with E-state index in [1.165, 1.54) is 12.1 Å². The van der Waals surface area contributed by atoms with Gasteiger partial charge in [-0.25, -0.2) is 14.4 Å². The topological polar surface area (TPSA) is 63.9 Å². The van der Waals surface area contributed by atoms with Gasteiger partial charge in [0.05, 0.1) is 30.1 Å². The molecule has 0 saturated carbocycles. The molecule has 7 heteroatoms. The molecule has 3 heterocycles. The number of nitrogens with zero attached hydrogens (tertiary/aromatic N) is 5. The summed E-state index contributed by atoms with van der Waals surface area (Å²) >= 11 is 0. The Kier molecular flexibility index (Phi) is 4.66. The van der Waals surface area contributed by atoms with Gasteiger partial charge in [0.15, 0.2) is 0 Å². The summed E-state index contributed by atoms with van der Waals surface area (Å²) in [6, 6.07) is 5.84. The molecule has 1 aliphatic rings. The zero-order chi connectivity index (χ0) is 18.8. The minimum absolute atomic E-state index is 0.108. The quantitative estimate of drug-likeness (QED) is 0.716. The van der Waals surface area contributed by atoms with E-state index in [1.807, 2.05) is 11.6 Å². The van der Waals surface area contributed by atoms with Crippen LogP contribution in [-0.4, -0.2) is 43.4 Å². The zero-order valence-corrected chi connectivity index (χ0v) is 15.0. The fourth-order valence-corrected chi connectivity index (χ4v) is 3.51. The van der Waals surface area contributed by atoms with Crippen LogP contribution < -0.4 is 0 Å². The van der Waals surface area contributed by atoms with Crippen molar-refractivity contribution in [2.45, 2.75) is 18.8 Å². The highest BCUT2D eigenvalue weighted by Crippen LogP contribution is 2.27. The van der Waals surface area contributed by atoms with E-state index in [9.17, 15) is 9.18 Å². The lowest BCUT2D eigenvalue weighted by Crippen LogP contribution is -2.39. The van der Waals surface area contributed by atoms with Crippen LogP contribution in [0.3, 0.4) is 0 Å². The second kappa shape index (κ2) is 7.26. The van der Waals surface area contributed by atoms with E-state index >= 15 is 0 Å². The predicted octanol–water partition coefficient (Wildman–Crippen LogP) is 3.04. The van der Waals surface area contributed by atoms with Crippen LogP contribution in [0, 0.1) is 5.82 Å². The normalized spacial score (nSPS) is 17.1. The van der Waals surface area contributed by atoms with E-state index in [0.29, 0.717) is 18.7 Å². The number of hydrogen-bond acceptors (Lipinski definition) is 4. The van der Waals surface area contributed by atoms with Crippen molar-refractivity contribution in [2.75, 3.05) is 13.1 Å². The van der Waals surface area contributed by atoms with Crippen molar-refractivity contribution in [3.63, 3.8) is 0 Å². The highest BCUT2D eigenvalue weighted by molar-refractivity contribution is 5.94. The van der Waals surface area contributed by atoms with Crippen LogP contribution in [0.15, 0.2) is 49.2 Å². The molecule has 1 aromatic carbocycles. The number of likely N-dealkylation sites (tertiary alicyclic amines) is 1. The Morgan fingerprint density at radius 3 is 2.89 bits per heavy atom. The summed E-state index contributed by atoms with van der Waals surface area (Å²) in [4.78, 5) is 27.7. The van der Waals surface area contributed by atoms with Gasteiger partial charge in [-0.05, 0) is 31.0 Å². The first-order valence-electron chi connectivity index (χ1n) is 8.95. The lowest BCUT2D eigenvalue weighted by Gasteiger charge is -2.32. The third kappa shape index (κ3) is 3.58. The summed E-state index contributed by atoms with van der Waals surface area (Å²) in [5, 5.41) is 0. The van der Waals surface area contributed by atoms with Crippen LogP contribution in [0.4, 0.5) is 4.39 Å². The first kappa shape index (κ1) is 17.3. The van der Waals surface area contributed by atoms with Crippen molar-refractivity contribution in [1.29, 1.82) is 0 Å². The maximum atomic E-state index is 13.5. The molecule has 0 radical (unpaired) electrons. The van der Waals surface area contributed by atoms with Gasteiger partial charge in [0.25, 0.3) is 5.91 Å². The molecule has 0 aliphatic carbocycles. The molecule has 27 heavy (non-hydrogen) atoms. The average Bonchev–Trinajstić information content (AvgIpc) is 3.13. The Hall–Kier alpha value is -3.09. The van der Waals surface area contributed by atoms with Gasteiger partial charge in [-0.2, -0.15) is 0 Å². The lowest BCUT2D eigenvalue weighted by molar-refractivity contribution is 0.0705. The first-order valence-corrected chi connectivity index (χ1v) is 8.95. The number of imidazole rings is 1. The molecule has 1 saturated heterocycles. The van der Waals surface area contributed by atoms with E-state index in [0.717, 1.165) is 29.9 Å². The number of hydrogen-bond donors (Lipinski definition) is 0. The van der Waals surface area contributed by atoms with Gasteiger partial charge in [-0.1, -0.05) is 6.07 Å². The predicted molar refractivity (Wildman–Crippen MR) is 98.5 cm³/mol. The van der Waals surface area contributed by atoms with E-state index in [1.54, 1.807) is 42.0 Å². The van der Waals surface area contributed by atoms with E-state index < -0.39 is 5.82 Å². The minimum atomic E-state index is -0.399. The van der Waals surface area contributed by atoms with E-state index in [4.69, 9.17) is 4.98 Å². The van der Waals surface area contributed by atoms with E-state index in [-0.39, 0.29) is 11.8 Å². The van der Waals surface area contributed by atoms with Gasteiger partial charge < -0.3 is 9.47 Å². The SMILES string of the molecule is Cn1cncc1-c1cncc([C@@H]2CCCN(C(=O)c3cccc(F)c3)C2)n1. The highest BCUT2D eigenvalue weighted by atomic mass is 19.1. The van der Waals surface area contributed by atoms with Gasteiger partial charge in [-0.3, -0.25) is 9.78 Å². The van der Waals surface area contributed by atoms with Crippen molar-refractivity contribution in [2.24, 2.45) is 7.05 Å². The Morgan fingerprint density at radius 2 is 2.11 bits per heavy atom. The van der Waals surface area contributed by atoms with E-state index in [2.05, 4.69) is 9.97 Å². The van der Waals surface area contributed by atoms with Crippen molar-refractivity contribution >= 4 is 5.91 Å². The smallest absolute Gasteiger partial charge is 0.253 e. The Bertz CT molecular complexity index is 970. The molecule has 1 fully saturated rings. The Balaban J connectivity index is 1.55. The molecule has 0 bridgehead atoms. The number of aryl methyl sites for hydroxylation is 1. The second-order valence-electron chi connectivity index (χ2n) is 6.82. The molecule has 0 spiro atoms. The molecule has 0 unspecified atom stereocenters. The number of piperidine rings is 1. The molecule has 138 valence electrons. The fraction of sp³-hybridized carbons (Fsp3) is 0.300. The summed E-state index contributed by atoms with van der Waals surface area (Å²) in [6.45, 7) is 1.22. The molecule has 6 nitrogen and oxygen atoms in total. The van der Waals surface area contributed by atoms with Crippen LogP contribution in [0.2, 0.25) is 0 Å². The molecular weight excluding hydrogens is 345 g/mol. The fourth-order valence-electron chi connectivity index (χ4n) is 3.51. The van der Waals surface area contributed by atoms with Crippen LogP contribution in [0.25, 0.3) is 11.4 Å². The van der Waals surface area contributed by atoms with Crippen LogP contribution in [0.5, 0.6) is 0 Å². The molecule has 3 aromatic rings. The molecule has 2 aromatic heterocycles. The summed E-state index contributed by atoms with van der Waals surface area (Å²) in [7, 11) is 1.91. The molecule has 0 N–H and O–H groups in total. The highest BCUT2D eigenvalue weighted by Gasteiger charge is 2.27. The molecular formula is C20H20FN5O. The third-order valence-corrected chi connectivity index (χ3v) is 4.93. The van der Waals surface area contributed by atoms with Gasteiger partial charge in [-0.15, -0.1) is 0 Å². The van der Waals surface area contributed by atoms with Crippen LogP contribution in [0.1, 0.15) is 34.8 Å². The van der Waals surface area contributed by atoms with Gasteiger partial charge in [0.1, 0.15) is 11.5 Å². The van der Waals surface area contributed by atoms with Crippen molar-refractivity contribution in [3.8, 4) is 11.4 Å². The number of benzene rings is 1. The van der Waals surface area contributed by atoms with Gasteiger partial charge in [0.2, 0.25) is 0 Å². The Morgan fingerprint density at radius 1 is 1.22 bits per heavy atom. The number of carbonyl (C=O) groups excluding carboxylic acids is 1. The maximum Gasteiger partial charge on any atom is 0.253 e. The lowest BCUT2D eigenvalue weighted by atomic mass is 9.94. The summed E-state index contributed by atoms with van der Waals surface area (Å²) < 4.78 is 15.3. The van der Waals surface area contributed by atoms with Crippen molar-refractivity contribution in [3.05, 3.63) is 66.3 Å². The molecule has 1 aliphatic heterocycles.